The summed E-state index contributed by atoms with van der Waals surface area (Å²) in [4.78, 5) is 32.6. The molecule has 10 heteroatoms. The van der Waals surface area contributed by atoms with Crippen LogP contribution >= 0.6 is 0 Å². The predicted molar refractivity (Wildman–Crippen MR) is 130 cm³/mol. The topological polar surface area (TPSA) is 76.8 Å². The number of rotatable bonds is 5. The zero-order chi connectivity index (χ0) is 25.4. The molecular weight excluding hydrogens is 469 g/mol. The molecule has 0 saturated carbocycles. The molecule has 4 aromatic rings. The second-order valence-electron chi connectivity index (χ2n) is 9.08. The third kappa shape index (κ3) is 4.43. The van der Waals surface area contributed by atoms with Gasteiger partial charge in [-0.3, -0.25) is 19.3 Å². The first-order chi connectivity index (χ1) is 17.3. The number of hydrogen-bond donors (Lipinski definition) is 0. The van der Waals surface area contributed by atoms with Crippen molar-refractivity contribution in [3.63, 3.8) is 0 Å². The van der Waals surface area contributed by atoms with E-state index in [2.05, 4.69) is 19.9 Å². The van der Waals surface area contributed by atoms with E-state index in [0.717, 1.165) is 5.56 Å². The highest BCUT2D eigenvalue weighted by Gasteiger charge is 2.27. The Morgan fingerprint density at radius 1 is 1.08 bits per heavy atom. The molecule has 1 aliphatic rings. The molecule has 0 unspecified atom stereocenters. The number of hydrogen-bond acceptors (Lipinski definition) is 6. The number of aromatic nitrogens is 5. The van der Waals surface area contributed by atoms with Gasteiger partial charge in [-0.05, 0) is 62.4 Å². The van der Waals surface area contributed by atoms with Crippen molar-refractivity contribution < 1.29 is 13.2 Å². The zero-order valence-corrected chi connectivity index (χ0v) is 20.0. The second kappa shape index (κ2) is 9.67. The molecule has 0 atom stereocenters. The first kappa shape index (κ1) is 23.9. The molecule has 7 nitrogen and oxygen atoms in total. The lowest BCUT2D eigenvalue weighted by molar-refractivity contribution is 0.149. The van der Waals surface area contributed by atoms with Crippen molar-refractivity contribution in [3.05, 3.63) is 87.2 Å². The summed E-state index contributed by atoms with van der Waals surface area (Å²) in [6.07, 6.45) is 3.03. The molecule has 0 radical (unpaired) electrons. The number of halogens is 3. The first-order valence-corrected chi connectivity index (χ1v) is 11.8. The summed E-state index contributed by atoms with van der Waals surface area (Å²) >= 11 is 0. The molecule has 5 rings (SSSR count). The molecule has 186 valence electrons. The molecule has 0 amide bonds. The summed E-state index contributed by atoms with van der Waals surface area (Å²) in [5, 5.41) is 0. The standard InChI is InChI=1S/C26H25F3N6O/c1-15-5-9-31-24(29)22(15)34-10-6-17(7-11-34)19-12-20-25(33-16(2)13-32-20)35(26(19)36)14-21-18(23(27)28)4-3-8-30-21/h3-5,8-9,12-13,17,23H,6-7,10-11,14H2,1-2H3. The fraction of sp³-hybridized carbons (Fsp3) is 0.346. The molecule has 0 aromatic carbocycles. The van der Waals surface area contributed by atoms with E-state index in [4.69, 9.17) is 0 Å². The van der Waals surface area contributed by atoms with Crippen LogP contribution in [0.3, 0.4) is 0 Å². The molecule has 0 bridgehead atoms. The Bertz CT molecular complexity index is 1460. The fourth-order valence-corrected chi connectivity index (χ4v) is 4.92. The lowest BCUT2D eigenvalue weighted by Gasteiger charge is -2.34. The summed E-state index contributed by atoms with van der Waals surface area (Å²) in [5.41, 5.74) is 2.92. The minimum absolute atomic E-state index is 0.0918. The molecular formula is C26H25F3N6O. The number of fused-ring (bicyclic) bond motifs is 1. The molecule has 5 heterocycles. The number of nitrogens with zero attached hydrogens (tertiary/aromatic N) is 6. The van der Waals surface area contributed by atoms with Crippen LogP contribution in [0.4, 0.5) is 18.9 Å². The maximum atomic E-state index is 14.4. The van der Waals surface area contributed by atoms with Crippen LogP contribution in [0.1, 0.15) is 53.3 Å². The van der Waals surface area contributed by atoms with E-state index in [-0.39, 0.29) is 29.3 Å². The van der Waals surface area contributed by atoms with Gasteiger partial charge in [0.1, 0.15) is 5.52 Å². The van der Waals surface area contributed by atoms with Crippen molar-refractivity contribution in [2.24, 2.45) is 0 Å². The van der Waals surface area contributed by atoms with E-state index < -0.39 is 12.4 Å². The quantitative estimate of drug-likeness (QED) is 0.374. The lowest BCUT2D eigenvalue weighted by atomic mass is 9.89. The van der Waals surface area contributed by atoms with Crippen molar-refractivity contribution in [2.75, 3.05) is 18.0 Å². The fourth-order valence-electron chi connectivity index (χ4n) is 4.92. The van der Waals surface area contributed by atoms with Crippen LogP contribution in [-0.4, -0.2) is 37.6 Å². The van der Waals surface area contributed by atoms with Gasteiger partial charge in [0.2, 0.25) is 5.95 Å². The van der Waals surface area contributed by atoms with Crippen molar-refractivity contribution in [1.82, 2.24) is 24.5 Å². The normalized spacial score (nSPS) is 14.7. The van der Waals surface area contributed by atoms with Gasteiger partial charge in [0, 0.05) is 42.8 Å². The smallest absolute Gasteiger partial charge is 0.265 e. The van der Waals surface area contributed by atoms with Gasteiger partial charge < -0.3 is 4.90 Å². The van der Waals surface area contributed by atoms with Crippen molar-refractivity contribution in [2.45, 2.75) is 45.6 Å². The number of pyridine rings is 3. The summed E-state index contributed by atoms with van der Waals surface area (Å²) in [6.45, 7) is 4.58. The molecule has 0 spiro atoms. The van der Waals surface area contributed by atoms with Crippen LogP contribution < -0.4 is 10.5 Å². The van der Waals surface area contributed by atoms with Gasteiger partial charge in [0.15, 0.2) is 5.65 Å². The van der Waals surface area contributed by atoms with Crippen LogP contribution in [0, 0.1) is 19.8 Å². The largest absolute Gasteiger partial charge is 0.368 e. The van der Waals surface area contributed by atoms with Gasteiger partial charge in [0.05, 0.1) is 23.6 Å². The molecule has 0 aliphatic carbocycles. The van der Waals surface area contributed by atoms with E-state index in [1.54, 1.807) is 25.3 Å². The van der Waals surface area contributed by atoms with Crippen LogP contribution in [0.15, 0.2) is 47.7 Å². The van der Waals surface area contributed by atoms with Gasteiger partial charge in [-0.1, -0.05) is 0 Å². The summed E-state index contributed by atoms with van der Waals surface area (Å²) in [7, 11) is 0. The second-order valence-corrected chi connectivity index (χ2v) is 9.08. The third-order valence-corrected chi connectivity index (χ3v) is 6.74. The predicted octanol–water partition coefficient (Wildman–Crippen LogP) is 4.71. The van der Waals surface area contributed by atoms with Gasteiger partial charge in [0.25, 0.3) is 12.0 Å². The van der Waals surface area contributed by atoms with Crippen LogP contribution in [0.5, 0.6) is 0 Å². The van der Waals surface area contributed by atoms with E-state index in [1.165, 1.54) is 29.1 Å². The third-order valence-electron chi connectivity index (χ3n) is 6.74. The number of anilines is 1. The summed E-state index contributed by atoms with van der Waals surface area (Å²) < 4.78 is 43.0. The number of piperidine rings is 1. The first-order valence-electron chi connectivity index (χ1n) is 11.8. The highest BCUT2D eigenvalue weighted by molar-refractivity contribution is 5.71. The molecule has 1 aliphatic heterocycles. The van der Waals surface area contributed by atoms with E-state index in [9.17, 15) is 18.0 Å². The van der Waals surface area contributed by atoms with E-state index >= 15 is 0 Å². The van der Waals surface area contributed by atoms with E-state index in [0.29, 0.717) is 54.0 Å². The Labute approximate surface area is 205 Å². The molecule has 36 heavy (non-hydrogen) atoms. The lowest BCUT2D eigenvalue weighted by Crippen LogP contribution is -2.36. The summed E-state index contributed by atoms with van der Waals surface area (Å²) in [5.74, 6) is -0.594. The van der Waals surface area contributed by atoms with E-state index in [1.807, 2.05) is 11.8 Å². The van der Waals surface area contributed by atoms with Gasteiger partial charge >= 0.3 is 0 Å². The Balaban J connectivity index is 1.52. The summed E-state index contributed by atoms with van der Waals surface area (Å²) in [6, 6.07) is 6.30. The number of alkyl halides is 2. The Kier molecular flexibility index (Phi) is 6.42. The van der Waals surface area contributed by atoms with Crippen molar-refractivity contribution in [3.8, 4) is 0 Å². The Morgan fingerprint density at radius 2 is 1.86 bits per heavy atom. The minimum atomic E-state index is -2.72. The molecule has 1 fully saturated rings. The van der Waals surface area contributed by atoms with Crippen LogP contribution in [-0.2, 0) is 6.54 Å². The highest BCUT2D eigenvalue weighted by atomic mass is 19.3. The van der Waals surface area contributed by atoms with Crippen molar-refractivity contribution in [1.29, 1.82) is 0 Å². The Hall–Kier alpha value is -3.82. The van der Waals surface area contributed by atoms with Gasteiger partial charge in [-0.25, -0.2) is 18.7 Å². The van der Waals surface area contributed by atoms with Crippen molar-refractivity contribution >= 4 is 16.9 Å². The minimum Gasteiger partial charge on any atom is -0.368 e. The molecule has 1 saturated heterocycles. The maximum Gasteiger partial charge on any atom is 0.265 e. The zero-order valence-electron chi connectivity index (χ0n) is 20.0. The number of aryl methyl sites for hydroxylation is 2. The average Bonchev–Trinajstić information content (AvgIpc) is 2.86. The van der Waals surface area contributed by atoms with Gasteiger partial charge in [-0.15, -0.1) is 0 Å². The molecule has 0 N–H and O–H groups in total. The van der Waals surface area contributed by atoms with Crippen LogP contribution in [0.2, 0.25) is 0 Å². The van der Waals surface area contributed by atoms with Gasteiger partial charge in [-0.2, -0.15) is 4.39 Å². The molecule has 4 aromatic heterocycles. The van der Waals surface area contributed by atoms with Crippen LogP contribution in [0.25, 0.3) is 11.2 Å². The SMILES string of the molecule is Cc1cnc2cc(C3CCN(c4c(C)ccnc4F)CC3)c(=O)n(Cc3ncccc3C(F)F)c2n1. The monoisotopic (exact) mass is 494 g/mol. The Morgan fingerprint density at radius 3 is 2.58 bits per heavy atom. The average molecular weight is 495 g/mol. The maximum absolute atomic E-state index is 14.4. The highest BCUT2D eigenvalue weighted by Crippen LogP contribution is 2.32.